The first-order valence-electron chi connectivity index (χ1n) is 11.4. The number of nitrogens with zero attached hydrogens (tertiary/aromatic N) is 1. The number of rotatable bonds is 7. The SMILES string of the molecule is CC1CCc2c(sc(NC(=O)CCCc3nc4ccccc4c(=O)[nH]3)c2C(=O)OC(C)C)C1. The Bertz CT molecular complexity index is 1240. The minimum Gasteiger partial charge on any atom is -0.459 e. The number of esters is 1. The van der Waals surface area contributed by atoms with Gasteiger partial charge in [-0.1, -0.05) is 19.1 Å². The van der Waals surface area contributed by atoms with E-state index in [0.717, 1.165) is 29.7 Å². The fourth-order valence-corrected chi connectivity index (χ4v) is 5.60. The molecule has 0 aliphatic heterocycles. The van der Waals surface area contributed by atoms with Gasteiger partial charge >= 0.3 is 5.97 Å². The van der Waals surface area contributed by atoms with E-state index in [0.29, 0.717) is 46.1 Å². The van der Waals surface area contributed by atoms with Crippen molar-refractivity contribution in [2.45, 2.75) is 65.4 Å². The first-order chi connectivity index (χ1) is 15.8. The number of carbonyl (C=O) groups excluding carboxylic acids is 2. The highest BCUT2D eigenvalue weighted by Crippen LogP contribution is 2.40. The van der Waals surface area contributed by atoms with Crippen LogP contribution in [0.25, 0.3) is 10.9 Å². The van der Waals surface area contributed by atoms with Gasteiger partial charge in [0, 0.05) is 17.7 Å². The largest absolute Gasteiger partial charge is 0.459 e. The summed E-state index contributed by atoms with van der Waals surface area (Å²) in [6, 6.07) is 7.19. The molecule has 1 aliphatic carbocycles. The van der Waals surface area contributed by atoms with Crippen LogP contribution in [0.2, 0.25) is 0 Å². The Morgan fingerprint density at radius 3 is 2.88 bits per heavy atom. The Morgan fingerprint density at radius 1 is 1.30 bits per heavy atom. The van der Waals surface area contributed by atoms with E-state index in [9.17, 15) is 14.4 Å². The Morgan fingerprint density at radius 2 is 2.09 bits per heavy atom. The third kappa shape index (κ3) is 5.33. The van der Waals surface area contributed by atoms with Crippen LogP contribution in [-0.2, 0) is 28.8 Å². The molecular weight excluding hydrogens is 438 g/mol. The number of nitrogens with one attached hydrogen (secondary N) is 2. The van der Waals surface area contributed by atoms with Crippen molar-refractivity contribution >= 4 is 39.1 Å². The van der Waals surface area contributed by atoms with Crippen LogP contribution in [0.3, 0.4) is 0 Å². The van der Waals surface area contributed by atoms with Gasteiger partial charge in [0.15, 0.2) is 0 Å². The van der Waals surface area contributed by atoms with Gasteiger partial charge in [-0.3, -0.25) is 9.59 Å². The lowest BCUT2D eigenvalue weighted by Gasteiger charge is -2.18. The fraction of sp³-hybridized carbons (Fsp3) is 0.440. The Labute approximate surface area is 196 Å². The van der Waals surface area contributed by atoms with Crippen LogP contribution in [0.4, 0.5) is 5.00 Å². The third-order valence-corrected chi connectivity index (χ3v) is 6.96. The lowest BCUT2D eigenvalue weighted by Crippen LogP contribution is -2.18. The number of para-hydroxylation sites is 1. The number of thiophene rings is 1. The molecule has 2 N–H and O–H groups in total. The molecule has 0 bridgehead atoms. The number of carbonyl (C=O) groups is 2. The highest BCUT2D eigenvalue weighted by Gasteiger charge is 2.29. The number of amides is 1. The summed E-state index contributed by atoms with van der Waals surface area (Å²) in [5, 5.41) is 4.09. The highest BCUT2D eigenvalue weighted by molar-refractivity contribution is 7.17. The molecule has 1 atom stereocenters. The van der Waals surface area contributed by atoms with Crippen LogP contribution >= 0.6 is 11.3 Å². The minimum absolute atomic E-state index is 0.164. The van der Waals surface area contributed by atoms with E-state index in [4.69, 9.17) is 4.74 Å². The molecule has 2 aromatic heterocycles. The van der Waals surface area contributed by atoms with E-state index in [-0.39, 0.29) is 30.0 Å². The molecule has 1 aliphatic rings. The van der Waals surface area contributed by atoms with Crippen LogP contribution < -0.4 is 10.9 Å². The number of aryl methyl sites for hydroxylation is 1. The van der Waals surface area contributed by atoms with Gasteiger partial charge in [0.05, 0.1) is 22.6 Å². The summed E-state index contributed by atoms with van der Waals surface area (Å²) in [5.41, 5.74) is 2.01. The maximum atomic E-state index is 12.8. The smallest absolute Gasteiger partial charge is 0.341 e. The van der Waals surface area contributed by atoms with Gasteiger partial charge < -0.3 is 15.0 Å². The van der Waals surface area contributed by atoms with Gasteiger partial charge in [0.1, 0.15) is 10.8 Å². The second-order valence-corrected chi connectivity index (χ2v) is 10.0. The number of hydrogen-bond acceptors (Lipinski definition) is 6. The number of anilines is 1. The minimum atomic E-state index is -0.370. The number of H-pyrrole nitrogens is 1. The van der Waals surface area contributed by atoms with Crippen molar-refractivity contribution in [2.24, 2.45) is 5.92 Å². The Balaban J connectivity index is 1.44. The predicted octanol–water partition coefficient (Wildman–Crippen LogP) is 4.64. The van der Waals surface area contributed by atoms with Gasteiger partial charge in [-0.05, 0) is 63.1 Å². The topological polar surface area (TPSA) is 101 Å². The molecule has 1 amide bonds. The van der Waals surface area contributed by atoms with Crippen molar-refractivity contribution in [1.29, 1.82) is 0 Å². The molecule has 33 heavy (non-hydrogen) atoms. The van der Waals surface area contributed by atoms with Crippen LogP contribution in [-0.4, -0.2) is 27.9 Å². The molecule has 8 heteroatoms. The summed E-state index contributed by atoms with van der Waals surface area (Å²) in [6.45, 7) is 5.85. The van der Waals surface area contributed by atoms with Gasteiger partial charge in [-0.2, -0.15) is 0 Å². The number of benzene rings is 1. The van der Waals surface area contributed by atoms with Gasteiger partial charge in [-0.15, -0.1) is 11.3 Å². The van der Waals surface area contributed by atoms with Crippen LogP contribution in [0.1, 0.15) is 66.7 Å². The molecule has 174 valence electrons. The third-order valence-electron chi connectivity index (χ3n) is 5.79. The first-order valence-corrected chi connectivity index (χ1v) is 12.3. The summed E-state index contributed by atoms with van der Waals surface area (Å²) in [5.74, 6) is 0.590. The summed E-state index contributed by atoms with van der Waals surface area (Å²) >= 11 is 1.49. The molecule has 4 rings (SSSR count). The number of hydrogen-bond donors (Lipinski definition) is 2. The standard InChI is InChI=1S/C25H29N3O4S/c1-14(2)32-25(31)22-17-12-11-15(3)13-19(17)33-24(22)28-21(29)10-6-9-20-26-18-8-5-4-7-16(18)23(30)27-20/h4-5,7-8,14-15H,6,9-13H2,1-3H3,(H,28,29)(H,26,27,30). The zero-order valence-corrected chi connectivity index (χ0v) is 20.0. The monoisotopic (exact) mass is 467 g/mol. The lowest BCUT2D eigenvalue weighted by atomic mass is 9.88. The predicted molar refractivity (Wildman–Crippen MR) is 130 cm³/mol. The lowest BCUT2D eigenvalue weighted by molar-refractivity contribution is -0.116. The summed E-state index contributed by atoms with van der Waals surface area (Å²) in [7, 11) is 0. The van der Waals surface area contributed by atoms with E-state index in [1.54, 1.807) is 18.2 Å². The average molecular weight is 468 g/mol. The van der Waals surface area contributed by atoms with Crippen molar-refractivity contribution in [2.75, 3.05) is 5.32 Å². The maximum absolute atomic E-state index is 12.8. The molecule has 0 saturated carbocycles. The quantitative estimate of drug-likeness (QED) is 0.493. The van der Waals surface area contributed by atoms with E-state index >= 15 is 0 Å². The molecule has 0 fully saturated rings. The van der Waals surface area contributed by atoms with Gasteiger partial charge in [0.25, 0.3) is 5.56 Å². The van der Waals surface area contributed by atoms with Crippen LogP contribution in [0, 0.1) is 5.92 Å². The maximum Gasteiger partial charge on any atom is 0.341 e. The Hall–Kier alpha value is -3.00. The van der Waals surface area contributed by atoms with Crippen molar-refractivity contribution in [1.82, 2.24) is 9.97 Å². The number of aromatic nitrogens is 2. The second kappa shape index (κ2) is 9.87. The number of fused-ring (bicyclic) bond motifs is 2. The number of aromatic amines is 1. The highest BCUT2D eigenvalue weighted by atomic mass is 32.1. The van der Waals surface area contributed by atoms with E-state index in [1.807, 2.05) is 19.9 Å². The van der Waals surface area contributed by atoms with E-state index in [2.05, 4.69) is 22.2 Å². The zero-order valence-electron chi connectivity index (χ0n) is 19.2. The fourth-order valence-electron chi connectivity index (χ4n) is 4.19. The second-order valence-electron chi connectivity index (χ2n) is 8.94. The normalized spacial score (nSPS) is 15.5. The summed E-state index contributed by atoms with van der Waals surface area (Å²) in [6.07, 6.45) is 3.81. The summed E-state index contributed by atoms with van der Waals surface area (Å²) < 4.78 is 5.47. The van der Waals surface area contributed by atoms with Crippen molar-refractivity contribution in [3.8, 4) is 0 Å². The van der Waals surface area contributed by atoms with E-state index < -0.39 is 0 Å². The molecule has 2 heterocycles. The van der Waals surface area contributed by atoms with Crippen LogP contribution in [0.15, 0.2) is 29.1 Å². The Kier molecular flexibility index (Phi) is 6.93. The van der Waals surface area contributed by atoms with Gasteiger partial charge in [-0.25, -0.2) is 9.78 Å². The van der Waals surface area contributed by atoms with Crippen molar-refractivity contribution < 1.29 is 14.3 Å². The molecule has 7 nitrogen and oxygen atoms in total. The molecule has 3 aromatic rings. The zero-order chi connectivity index (χ0) is 23.5. The molecule has 0 spiro atoms. The molecule has 1 aromatic carbocycles. The van der Waals surface area contributed by atoms with Crippen molar-refractivity contribution in [3.63, 3.8) is 0 Å². The molecular formula is C25H29N3O4S. The summed E-state index contributed by atoms with van der Waals surface area (Å²) in [4.78, 5) is 46.2. The molecule has 0 radical (unpaired) electrons. The molecule has 1 unspecified atom stereocenters. The van der Waals surface area contributed by atoms with E-state index in [1.165, 1.54) is 11.3 Å². The average Bonchev–Trinajstić information content (AvgIpc) is 3.10. The molecule has 0 saturated heterocycles. The first kappa shape index (κ1) is 23.2. The number of ether oxygens (including phenoxy) is 1. The van der Waals surface area contributed by atoms with Crippen LogP contribution in [0.5, 0.6) is 0 Å². The van der Waals surface area contributed by atoms with Crippen molar-refractivity contribution in [3.05, 3.63) is 56.4 Å². The van der Waals surface area contributed by atoms with Gasteiger partial charge in [0.2, 0.25) is 5.91 Å².